The van der Waals surface area contributed by atoms with Gasteiger partial charge in [-0.3, -0.25) is 4.79 Å². The molecule has 15 heavy (non-hydrogen) atoms. The second kappa shape index (κ2) is 4.88. The first-order chi connectivity index (χ1) is 7.16. The topological polar surface area (TPSA) is 20.3 Å². The molecule has 2 saturated heterocycles. The van der Waals surface area contributed by atoms with Crippen molar-refractivity contribution in [3.63, 3.8) is 0 Å². The van der Waals surface area contributed by atoms with E-state index in [1.54, 1.807) is 6.92 Å². The minimum absolute atomic E-state index is 0.277. The smallest absolute Gasteiger partial charge is 0.185 e. The Morgan fingerprint density at radius 2 is 1.93 bits per heavy atom. The normalized spacial score (nSPS) is 36.5. The second-order valence-electron chi connectivity index (χ2n) is 5.04. The van der Waals surface area contributed by atoms with E-state index in [0.717, 1.165) is 23.8 Å². The lowest BCUT2D eigenvalue weighted by atomic mass is 9.79. The molecule has 0 amide bonds. The van der Waals surface area contributed by atoms with Gasteiger partial charge in [-0.25, -0.2) is 0 Å². The summed E-state index contributed by atoms with van der Waals surface area (Å²) >= 11 is 1.52. The maximum absolute atomic E-state index is 10.9. The van der Waals surface area contributed by atoms with E-state index in [4.69, 9.17) is 0 Å². The van der Waals surface area contributed by atoms with Crippen LogP contribution in [-0.4, -0.2) is 34.9 Å². The van der Waals surface area contributed by atoms with Crippen LogP contribution in [0.2, 0.25) is 0 Å². The van der Waals surface area contributed by atoms with Crippen molar-refractivity contribution in [3.8, 4) is 0 Å². The summed E-state index contributed by atoms with van der Waals surface area (Å²) in [6.07, 6.45) is 6.77. The lowest BCUT2D eigenvalue weighted by molar-refractivity contribution is -0.109. The zero-order valence-corrected chi connectivity index (χ0v) is 10.6. The molecule has 3 heteroatoms. The number of piperidine rings is 2. The van der Waals surface area contributed by atoms with E-state index in [2.05, 4.69) is 11.9 Å². The number of nitrogens with zero attached hydrogens (tertiary/aromatic N) is 1. The lowest BCUT2D eigenvalue weighted by Crippen LogP contribution is -2.50. The van der Waals surface area contributed by atoms with Gasteiger partial charge >= 0.3 is 0 Å². The predicted molar refractivity (Wildman–Crippen MR) is 65.1 cm³/mol. The van der Waals surface area contributed by atoms with Gasteiger partial charge in [-0.2, -0.15) is 0 Å². The van der Waals surface area contributed by atoms with E-state index in [0.29, 0.717) is 0 Å². The summed E-state index contributed by atoms with van der Waals surface area (Å²) in [5, 5.41) is 0.277. The summed E-state index contributed by atoms with van der Waals surface area (Å²) in [6, 6.07) is 1.60. The summed E-state index contributed by atoms with van der Waals surface area (Å²) in [7, 11) is 2.28. The molecule has 2 aliphatic rings. The van der Waals surface area contributed by atoms with Crippen LogP contribution in [0.4, 0.5) is 0 Å². The molecular formula is C12H21NOS. The van der Waals surface area contributed by atoms with E-state index in [-0.39, 0.29) is 5.12 Å². The Balaban J connectivity index is 1.87. The quantitative estimate of drug-likeness (QED) is 0.723. The molecule has 0 radical (unpaired) electrons. The average molecular weight is 227 g/mol. The molecule has 2 fully saturated rings. The third kappa shape index (κ3) is 2.76. The van der Waals surface area contributed by atoms with Gasteiger partial charge in [-0.15, -0.1) is 0 Å². The molecule has 0 spiro atoms. The first-order valence-electron chi connectivity index (χ1n) is 6.02. The Kier molecular flexibility index (Phi) is 3.73. The highest BCUT2D eigenvalue weighted by Crippen LogP contribution is 2.36. The van der Waals surface area contributed by atoms with Crippen LogP contribution in [0.15, 0.2) is 0 Å². The number of carbonyl (C=O) groups excluding carboxylic acids is 1. The van der Waals surface area contributed by atoms with Gasteiger partial charge in [0, 0.05) is 24.8 Å². The fourth-order valence-corrected chi connectivity index (χ4v) is 3.84. The van der Waals surface area contributed by atoms with E-state index in [9.17, 15) is 4.79 Å². The maximum Gasteiger partial charge on any atom is 0.185 e. The number of carbonyl (C=O) groups is 1. The highest BCUT2D eigenvalue weighted by molar-refractivity contribution is 8.13. The summed E-state index contributed by atoms with van der Waals surface area (Å²) in [6.45, 7) is 1.68. The highest BCUT2D eigenvalue weighted by Gasteiger charge is 2.35. The zero-order chi connectivity index (χ0) is 10.8. The minimum atomic E-state index is 0.277. The SMILES string of the molecule is CC(=O)SCC1CC2CCCC(C1)N2C. The molecule has 0 aromatic heterocycles. The number of hydrogen-bond acceptors (Lipinski definition) is 3. The van der Waals surface area contributed by atoms with E-state index in [1.807, 2.05) is 0 Å². The van der Waals surface area contributed by atoms with Crippen molar-refractivity contribution < 1.29 is 4.79 Å². The number of rotatable bonds is 2. The van der Waals surface area contributed by atoms with Crippen LogP contribution in [0, 0.1) is 5.92 Å². The fraction of sp³-hybridized carbons (Fsp3) is 0.917. The Morgan fingerprint density at radius 1 is 1.33 bits per heavy atom. The van der Waals surface area contributed by atoms with Gasteiger partial charge in [0.1, 0.15) is 0 Å². The van der Waals surface area contributed by atoms with Gasteiger partial charge < -0.3 is 4.90 Å². The van der Waals surface area contributed by atoms with Crippen molar-refractivity contribution in [2.45, 2.75) is 51.1 Å². The lowest BCUT2D eigenvalue weighted by Gasteiger charge is -2.47. The van der Waals surface area contributed by atoms with Crippen molar-refractivity contribution in [1.82, 2.24) is 4.90 Å². The van der Waals surface area contributed by atoms with E-state index >= 15 is 0 Å². The second-order valence-corrected chi connectivity index (χ2v) is 6.24. The van der Waals surface area contributed by atoms with Crippen LogP contribution in [0.5, 0.6) is 0 Å². The van der Waals surface area contributed by atoms with Crippen molar-refractivity contribution in [2.24, 2.45) is 5.92 Å². The van der Waals surface area contributed by atoms with Gasteiger partial charge in [0.05, 0.1) is 0 Å². The molecule has 0 N–H and O–H groups in total. The molecule has 2 unspecified atom stereocenters. The third-order valence-corrected chi connectivity index (χ3v) is 5.00. The Labute approximate surface area is 96.8 Å². The highest BCUT2D eigenvalue weighted by atomic mass is 32.2. The minimum Gasteiger partial charge on any atom is -0.300 e. The van der Waals surface area contributed by atoms with E-state index < -0.39 is 0 Å². The van der Waals surface area contributed by atoms with Gasteiger partial charge in [-0.05, 0) is 38.6 Å². The van der Waals surface area contributed by atoms with Gasteiger partial charge in [0.15, 0.2) is 5.12 Å². The van der Waals surface area contributed by atoms with Crippen LogP contribution in [-0.2, 0) is 4.79 Å². The molecular weight excluding hydrogens is 206 g/mol. The number of hydrogen-bond donors (Lipinski definition) is 0. The van der Waals surface area contributed by atoms with Crippen LogP contribution in [0.3, 0.4) is 0 Å². The largest absolute Gasteiger partial charge is 0.300 e. The van der Waals surface area contributed by atoms with Gasteiger partial charge in [-0.1, -0.05) is 18.2 Å². The molecule has 0 aromatic rings. The van der Waals surface area contributed by atoms with Crippen LogP contribution in [0.25, 0.3) is 0 Å². The molecule has 0 aromatic carbocycles. The number of fused-ring (bicyclic) bond motifs is 2. The Morgan fingerprint density at radius 3 is 2.47 bits per heavy atom. The monoisotopic (exact) mass is 227 g/mol. The molecule has 2 nitrogen and oxygen atoms in total. The third-order valence-electron chi connectivity index (χ3n) is 3.96. The van der Waals surface area contributed by atoms with Crippen molar-refractivity contribution in [3.05, 3.63) is 0 Å². The first-order valence-corrected chi connectivity index (χ1v) is 7.00. The average Bonchev–Trinajstić information content (AvgIpc) is 2.15. The summed E-state index contributed by atoms with van der Waals surface area (Å²) in [5.74, 6) is 1.83. The zero-order valence-electron chi connectivity index (χ0n) is 9.74. The summed E-state index contributed by atoms with van der Waals surface area (Å²) < 4.78 is 0. The molecule has 0 saturated carbocycles. The maximum atomic E-state index is 10.9. The predicted octanol–water partition coefficient (Wildman–Crippen LogP) is 2.53. The Hall–Kier alpha value is -0.0200. The molecule has 86 valence electrons. The fourth-order valence-electron chi connectivity index (χ4n) is 3.10. The van der Waals surface area contributed by atoms with E-state index in [1.165, 1.54) is 43.9 Å². The molecule has 0 aliphatic carbocycles. The number of thioether (sulfide) groups is 1. The molecule has 2 atom stereocenters. The summed E-state index contributed by atoms with van der Waals surface area (Å²) in [4.78, 5) is 13.5. The van der Waals surface area contributed by atoms with Crippen molar-refractivity contribution in [1.29, 1.82) is 0 Å². The van der Waals surface area contributed by atoms with Gasteiger partial charge in [0.25, 0.3) is 0 Å². The molecule has 2 rings (SSSR count). The molecule has 2 heterocycles. The Bertz CT molecular complexity index is 230. The van der Waals surface area contributed by atoms with Crippen LogP contribution >= 0.6 is 11.8 Å². The molecule has 2 aliphatic heterocycles. The first kappa shape index (κ1) is 11.5. The van der Waals surface area contributed by atoms with Crippen molar-refractivity contribution in [2.75, 3.05) is 12.8 Å². The van der Waals surface area contributed by atoms with Crippen LogP contribution < -0.4 is 0 Å². The van der Waals surface area contributed by atoms with Gasteiger partial charge in [0.2, 0.25) is 0 Å². The molecule has 2 bridgehead atoms. The summed E-state index contributed by atoms with van der Waals surface area (Å²) in [5.41, 5.74) is 0. The van der Waals surface area contributed by atoms with Crippen molar-refractivity contribution >= 4 is 16.9 Å². The standard InChI is InChI=1S/C12H21NOS/c1-9(14)15-8-10-6-11-4-3-5-12(7-10)13(11)2/h10-12H,3-8H2,1-2H3. The van der Waals surface area contributed by atoms with Crippen LogP contribution in [0.1, 0.15) is 39.0 Å².